The molecule has 29 heavy (non-hydrogen) atoms. The number of amides is 1. The van der Waals surface area contributed by atoms with Crippen LogP contribution < -0.4 is 16.0 Å². The van der Waals surface area contributed by atoms with Crippen molar-refractivity contribution in [3.05, 3.63) is 71.8 Å². The predicted octanol–water partition coefficient (Wildman–Crippen LogP) is 4.10. The number of para-hydroxylation sites is 1. The minimum atomic E-state index is -0.335. The lowest BCUT2D eigenvalue weighted by Gasteiger charge is -2.20. The highest BCUT2D eigenvalue weighted by molar-refractivity contribution is 5.86. The summed E-state index contributed by atoms with van der Waals surface area (Å²) in [6.07, 6.45) is 0. The Kier molecular flexibility index (Phi) is 9.37. The van der Waals surface area contributed by atoms with Crippen molar-refractivity contribution in [1.29, 1.82) is 0 Å². The Balaban J connectivity index is 0.00000210. The van der Waals surface area contributed by atoms with Gasteiger partial charge < -0.3 is 16.0 Å². The zero-order valence-electron chi connectivity index (χ0n) is 16.8. The average Bonchev–Trinajstić information content (AvgIpc) is 2.70. The van der Waals surface area contributed by atoms with Crippen LogP contribution in [0.1, 0.15) is 24.1 Å². The standard InChI is InChI=1S/C22H26N4O.2ClH/c1-15(21(23)16-9-5-4-6-10-16)22(27)24-14-17-13-20(26(2)3)25-19-12-8-7-11-18(17)19;;/h4-13,15,21H,14,23H2,1-3H3,(H,24,27);2*1H. The zero-order valence-corrected chi connectivity index (χ0v) is 18.5. The van der Waals surface area contributed by atoms with Crippen molar-refractivity contribution < 1.29 is 4.79 Å². The molecule has 0 aliphatic rings. The molecule has 7 heteroatoms. The number of halogens is 2. The number of carbonyl (C=O) groups is 1. The molecule has 2 aromatic carbocycles. The van der Waals surface area contributed by atoms with Crippen molar-refractivity contribution in [2.24, 2.45) is 11.7 Å². The van der Waals surface area contributed by atoms with Crippen LogP contribution in [0.2, 0.25) is 0 Å². The quantitative estimate of drug-likeness (QED) is 0.612. The molecule has 2 atom stereocenters. The van der Waals surface area contributed by atoms with Crippen LogP contribution in [0.5, 0.6) is 0 Å². The van der Waals surface area contributed by atoms with Crippen LogP contribution in [0, 0.1) is 5.92 Å². The molecule has 3 N–H and O–H groups in total. The van der Waals surface area contributed by atoms with Crippen LogP contribution >= 0.6 is 24.8 Å². The van der Waals surface area contributed by atoms with E-state index in [0.29, 0.717) is 6.54 Å². The second kappa shape index (κ2) is 11.0. The number of benzene rings is 2. The summed E-state index contributed by atoms with van der Waals surface area (Å²) in [6, 6.07) is 19.4. The van der Waals surface area contributed by atoms with Gasteiger partial charge in [-0.05, 0) is 23.3 Å². The van der Waals surface area contributed by atoms with Crippen molar-refractivity contribution in [2.75, 3.05) is 19.0 Å². The van der Waals surface area contributed by atoms with Gasteiger partial charge in [-0.3, -0.25) is 4.79 Å². The Hall–Kier alpha value is -2.34. The molecule has 0 fully saturated rings. The molecule has 1 aromatic heterocycles. The number of rotatable bonds is 6. The highest BCUT2D eigenvalue weighted by atomic mass is 35.5. The summed E-state index contributed by atoms with van der Waals surface area (Å²) in [5.41, 5.74) is 9.21. The van der Waals surface area contributed by atoms with Gasteiger partial charge in [-0.1, -0.05) is 55.5 Å². The lowest BCUT2D eigenvalue weighted by atomic mass is 9.94. The molecule has 0 spiro atoms. The Bertz CT molecular complexity index is 935. The number of aromatic nitrogens is 1. The lowest BCUT2D eigenvalue weighted by Crippen LogP contribution is -2.35. The van der Waals surface area contributed by atoms with Crippen molar-refractivity contribution in [2.45, 2.75) is 19.5 Å². The van der Waals surface area contributed by atoms with Crippen LogP contribution in [0.3, 0.4) is 0 Å². The third kappa shape index (κ3) is 5.82. The van der Waals surface area contributed by atoms with E-state index >= 15 is 0 Å². The average molecular weight is 435 g/mol. The highest BCUT2D eigenvalue weighted by Crippen LogP contribution is 2.23. The number of anilines is 1. The van der Waals surface area contributed by atoms with Crippen molar-refractivity contribution in [1.82, 2.24) is 10.3 Å². The van der Waals surface area contributed by atoms with E-state index in [-0.39, 0.29) is 42.7 Å². The zero-order chi connectivity index (χ0) is 19.4. The minimum absolute atomic E-state index is 0. The fourth-order valence-electron chi connectivity index (χ4n) is 3.08. The summed E-state index contributed by atoms with van der Waals surface area (Å²) in [5.74, 6) is 0.486. The highest BCUT2D eigenvalue weighted by Gasteiger charge is 2.22. The summed E-state index contributed by atoms with van der Waals surface area (Å²) < 4.78 is 0. The molecule has 0 saturated heterocycles. The smallest absolute Gasteiger partial charge is 0.225 e. The van der Waals surface area contributed by atoms with E-state index in [0.717, 1.165) is 27.8 Å². The SMILES string of the molecule is CC(C(=O)NCc1cc(N(C)C)nc2ccccc12)C(N)c1ccccc1.Cl.Cl. The summed E-state index contributed by atoms with van der Waals surface area (Å²) in [6.45, 7) is 2.30. The molecule has 1 amide bonds. The molecular weight excluding hydrogens is 407 g/mol. The molecule has 3 rings (SSSR count). The van der Waals surface area contributed by atoms with Crippen molar-refractivity contribution in [3.8, 4) is 0 Å². The monoisotopic (exact) mass is 434 g/mol. The number of fused-ring (bicyclic) bond motifs is 1. The predicted molar refractivity (Wildman–Crippen MR) is 125 cm³/mol. The van der Waals surface area contributed by atoms with Crippen LogP contribution in [0.25, 0.3) is 10.9 Å². The second-order valence-electron chi connectivity index (χ2n) is 6.99. The molecule has 0 saturated carbocycles. The van der Waals surface area contributed by atoms with Crippen molar-refractivity contribution in [3.63, 3.8) is 0 Å². The fraction of sp³-hybridized carbons (Fsp3) is 0.273. The van der Waals surface area contributed by atoms with E-state index in [4.69, 9.17) is 5.73 Å². The summed E-state index contributed by atoms with van der Waals surface area (Å²) in [7, 11) is 3.92. The number of hydrogen-bond acceptors (Lipinski definition) is 4. The van der Waals surface area contributed by atoms with E-state index in [2.05, 4.69) is 10.3 Å². The van der Waals surface area contributed by atoms with Gasteiger partial charge >= 0.3 is 0 Å². The summed E-state index contributed by atoms with van der Waals surface area (Å²) in [5, 5.41) is 4.09. The molecule has 0 bridgehead atoms. The first kappa shape index (κ1) is 24.7. The van der Waals surface area contributed by atoms with E-state index < -0.39 is 0 Å². The molecular formula is C22H28Cl2N4O. The molecule has 2 unspecified atom stereocenters. The van der Waals surface area contributed by atoms with E-state index in [1.165, 1.54) is 0 Å². The van der Waals surface area contributed by atoms with Gasteiger partial charge in [-0.25, -0.2) is 4.98 Å². The van der Waals surface area contributed by atoms with Gasteiger partial charge in [0.1, 0.15) is 5.82 Å². The minimum Gasteiger partial charge on any atom is -0.363 e. The normalized spacial score (nSPS) is 12.3. The van der Waals surface area contributed by atoms with Gasteiger partial charge in [0.05, 0.1) is 11.4 Å². The van der Waals surface area contributed by atoms with Crippen molar-refractivity contribution >= 4 is 47.4 Å². The first-order chi connectivity index (χ1) is 13.0. The third-order valence-electron chi connectivity index (χ3n) is 4.84. The number of hydrogen-bond donors (Lipinski definition) is 2. The molecule has 1 heterocycles. The van der Waals surface area contributed by atoms with E-state index in [9.17, 15) is 4.79 Å². The second-order valence-corrected chi connectivity index (χ2v) is 6.99. The van der Waals surface area contributed by atoms with E-state index in [1.54, 1.807) is 0 Å². The van der Waals surface area contributed by atoms with Gasteiger partial charge in [-0.15, -0.1) is 24.8 Å². The first-order valence-electron chi connectivity index (χ1n) is 9.11. The Labute approximate surface area is 184 Å². The lowest BCUT2D eigenvalue weighted by molar-refractivity contribution is -0.125. The number of nitrogens with one attached hydrogen (secondary N) is 1. The maximum absolute atomic E-state index is 12.7. The van der Waals surface area contributed by atoms with Gasteiger partial charge in [0, 0.05) is 32.1 Å². The molecule has 156 valence electrons. The molecule has 5 nitrogen and oxygen atoms in total. The Morgan fingerprint density at radius 3 is 2.34 bits per heavy atom. The van der Waals surface area contributed by atoms with E-state index in [1.807, 2.05) is 86.6 Å². The topological polar surface area (TPSA) is 71.2 Å². The van der Waals surface area contributed by atoms with Gasteiger partial charge in [0.25, 0.3) is 0 Å². The molecule has 0 aliphatic heterocycles. The third-order valence-corrected chi connectivity index (χ3v) is 4.84. The molecule has 0 radical (unpaired) electrons. The van der Waals surface area contributed by atoms with Crippen LogP contribution in [-0.4, -0.2) is 25.0 Å². The first-order valence-corrected chi connectivity index (χ1v) is 9.11. The summed E-state index contributed by atoms with van der Waals surface area (Å²) in [4.78, 5) is 19.3. The van der Waals surface area contributed by atoms with Gasteiger partial charge in [0.15, 0.2) is 0 Å². The number of carbonyl (C=O) groups excluding carboxylic acids is 1. The Morgan fingerprint density at radius 1 is 1.07 bits per heavy atom. The number of nitrogens with zero attached hydrogens (tertiary/aromatic N) is 2. The maximum atomic E-state index is 12.7. The summed E-state index contributed by atoms with van der Waals surface area (Å²) >= 11 is 0. The molecule has 3 aromatic rings. The van der Waals surface area contributed by atoms with Gasteiger partial charge in [0.2, 0.25) is 5.91 Å². The Morgan fingerprint density at radius 2 is 1.69 bits per heavy atom. The molecule has 0 aliphatic carbocycles. The number of pyridine rings is 1. The number of nitrogens with two attached hydrogens (primary N) is 1. The van der Waals surface area contributed by atoms with Crippen LogP contribution in [0.4, 0.5) is 5.82 Å². The largest absolute Gasteiger partial charge is 0.363 e. The fourth-order valence-corrected chi connectivity index (χ4v) is 3.08. The maximum Gasteiger partial charge on any atom is 0.225 e. The van der Waals surface area contributed by atoms with Crippen LogP contribution in [0.15, 0.2) is 60.7 Å². The van der Waals surface area contributed by atoms with Crippen LogP contribution in [-0.2, 0) is 11.3 Å². The van der Waals surface area contributed by atoms with Gasteiger partial charge in [-0.2, -0.15) is 0 Å².